The number of likely N-dealkylation sites (N-methyl/N-ethyl adjacent to an activating group) is 1. The first-order chi connectivity index (χ1) is 8.42. The van der Waals surface area contributed by atoms with Crippen LogP contribution in [0.1, 0.15) is 11.1 Å². The zero-order valence-corrected chi connectivity index (χ0v) is 11.2. The largest absolute Gasteiger partial charge is 0.496 e. The van der Waals surface area contributed by atoms with Crippen LogP contribution in [0.2, 0.25) is 0 Å². The topological polar surface area (TPSA) is 75.8 Å². The van der Waals surface area contributed by atoms with Crippen molar-refractivity contribution < 1.29 is 14.6 Å². The van der Waals surface area contributed by atoms with Gasteiger partial charge in [-0.3, -0.25) is 4.79 Å². The maximum Gasteiger partial charge on any atom is 0.256 e. The maximum atomic E-state index is 11.9. The summed E-state index contributed by atoms with van der Waals surface area (Å²) in [5.74, 6) is 0.363. The number of amides is 1. The molecule has 0 fully saturated rings. The van der Waals surface area contributed by atoms with Gasteiger partial charge in [0, 0.05) is 19.3 Å². The molecule has 100 valence electrons. The quantitative estimate of drug-likeness (QED) is 0.822. The van der Waals surface area contributed by atoms with E-state index in [4.69, 9.17) is 10.5 Å². The van der Waals surface area contributed by atoms with Crippen LogP contribution in [-0.2, 0) is 4.79 Å². The van der Waals surface area contributed by atoms with E-state index in [0.29, 0.717) is 0 Å². The smallest absolute Gasteiger partial charge is 0.256 e. The lowest BCUT2D eigenvalue weighted by Gasteiger charge is -2.23. The Labute approximate surface area is 107 Å². The molecule has 0 aliphatic heterocycles. The van der Waals surface area contributed by atoms with E-state index in [2.05, 4.69) is 0 Å². The molecule has 0 aliphatic carbocycles. The van der Waals surface area contributed by atoms with Crippen molar-refractivity contribution in [1.82, 2.24) is 0 Å². The van der Waals surface area contributed by atoms with Crippen LogP contribution >= 0.6 is 0 Å². The number of carbonyl (C=O) groups excluding carboxylic acids is 1. The minimum absolute atomic E-state index is 0.0860. The first kappa shape index (κ1) is 14.5. The third-order valence-electron chi connectivity index (χ3n) is 2.91. The molecule has 1 atom stereocenters. The van der Waals surface area contributed by atoms with Gasteiger partial charge in [0.15, 0.2) is 0 Å². The number of hydrogen-bond donors (Lipinski definition) is 2. The van der Waals surface area contributed by atoms with Crippen molar-refractivity contribution in [2.24, 2.45) is 5.73 Å². The highest BCUT2D eigenvalue weighted by Crippen LogP contribution is 2.28. The van der Waals surface area contributed by atoms with E-state index < -0.39 is 12.0 Å². The maximum absolute atomic E-state index is 11.9. The van der Waals surface area contributed by atoms with Crippen molar-refractivity contribution in [3.05, 3.63) is 23.3 Å². The number of methoxy groups -OCH3 is 1. The Kier molecular flexibility index (Phi) is 4.69. The summed E-state index contributed by atoms with van der Waals surface area (Å²) in [6.45, 7) is 3.70. The third kappa shape index (κ3) is 2.80. The highest BCUT2D eigenvalue weighted by atomic mass is 16.5. The molecular weight excluding hydrogens is 232 g/mol. The summed E-state index contributed by atoms with van der Waals surface area (Å²) in [5, 5.41) is 9.48. The molecular formula is C13H20N2O3. The van der Waals surface area contributed by atoms with Gasteiger partial charge in [-0.1, -0.05) is 0 Å². The second-order valence-electron chi connectivity index (χ2n) is 4.26. The minimum atomic E-state index is -1.17. The van der Waals surface area contributed by atoms with Crippen LogP contribution in [0.25, 0.3) is 0 Å². The number of aliphatic hydroxyl groups excluding tert-OH is 1. The number of carbonyl (C=O) groups is 1. The molecule has 1 aromatic carbocycles. The normalized spacial score (nSPS) is 12.1. The highest BCUT2D eigenvalue weighted by molar-refractivity contribution is 5.96. The number of hydrogen-bond acceptors (Lipinski definition) is 4. The van der Waals surface area contributed by atoms with E-state index in [-0.39, 0.29) is 6.54 Å². The predicted octanol–water partition coefficient (Wildman–Crippen LogP) is 0.594. The number of anilines is 1. The molecule has 0 saturated carbocycles. The van der Waals surface area contributed by atoms with Crippen LogP contribution < -0.4 is 15.4 Å². The van der Waals surface area contributed by atoms with Crippen molar-refractivity contribution in [2.45, 2.75) is 20.0 Å². The van der Waals surface area contributed by atoms with Crippen LogP contribution in [0.3, 0.4) is 0 Å². The minimum Gasteiger partial charge on any atom is -0.496 e. The number of nitrogens with two attached hydrogens (primary N) is 1. The van der Waals surface area contributed by atoms with E-state index >= 15 is 0 Å². The number of nitrogens with zero attached hydrogens (tertiary/aromatic N) is 1. The van der Waals surface area contributed by atoms with E-state index in [0.717, 1.165) is 22.6 Å². The number of ether oxygens (including phenoxy) is 1. The molecule has 0 bridgehead atoms. The average Bonchev–Trinajstić information content (AvgIpc) is 2.38. The van der Waals surface area contributed by atoms with Crippen LogP contribution in [0.15, 0.2) is 12.1 Å². The number of aliphatic hydroxyl groups is 1. The van der Waals surface area contributed by atoms with Gasteiger partial charge in [0.25, 0.3) is 5.91 Å². The highest BCUT2D eigenvalue weighted by Gasteiger charge is 2.20. The molecule has 18 heavy (non-hydrogen) atoms. The lowest BCUT2D eigenvalue weighted by molar-refractivity contribution is -0.125. The van der Waals surface area contributed by atoms with Crippen molar-refractivity contribution in [3.63, 3.8) is 0 Å². The lowest BCUT2D eigenvalue weighted by Crippen LogP contribution is -2.40. The van der Waals surface area contributed by atoms with Crippen molar-refractivity contribution in [2.75, 3.05) is 25.6 Å². The second-order valence-corrected chi connectivity index (χ2v) is 4.26. The van der Waals surface area contributed by atoms with Gasteiger partial charge in [0.2, 0.25) is 0 Å². The SMILES string of the molecule is COc1cc(C)c(N(C)C(=O)C(O)CN)cc1C. The Balaban J connectivity index is 3.10. The first-order valence-electron chi connectivity index (χ1n) is 5.73. The lowest BCUT2D eigenvalue weighted by atomic mass is 10.1. The van der Waals surface area contributed by atoms with E-state index in [1.807, 2.05) is 26.0 Å². The summed E-state index contributed by atoms with van der Waals surface area (Å²) in [5.41, 5.74) is 7.86. The van der Waals surface area contributed by atoms with Crippen molar-refractivity contribution in [1.29, 1.82) is 0 Å². The van der Waals surface area contributed by atoms with Crippen molar-refractivity contribution in [3.8, 4) is 5.75 Å². The molecule has 1 aromatic rings. The fourth-order valence-corrected chi connectivity index (χ4v) is 1.80. The fourth-order valence-electron chi connectivity index (χ4n) is 1.80. The van der Waals surface area contributed by atoms with Gasteiger partial charge in [-0.25, -0.2) is 0 Å². The molecule has 1 amide bonds. The van der Waals surface area contributed by atoms with Crippen LogP contribution in [0, 0.1) is 13.8 Å². The van der Waals surface area contributed by atoms with Gasteiger partial charge in [0.05, 0.1) is 7.11 Å². The monoisotopic (exact) mass is 252 g/mol. The Bertz CT molecular complexity index is 446. The van der Waals surface area contributed by atoms with Crippen LogP contribution in [0.5, 0.6) is 5.75 Å². The molecule has 0 radical (unpaired) electrons. The Morgan fingerprint density at radius 3 is 2.56 bits per heavy atom. The molecule has 1 unspecified atom stereocenters. The van der Waals surface area contributed by atoms with E-state index in [1.54, 1.807) is 14.2 Å². The number of benzene rings is 1. The summed E-state index contributed by atoms with van der Waals surface area (Å²) in [6, 6.07) is 3.72. The molecule has 3 N–H and O–H groups in total. The van der Waals surface area contributed by atoms with Gasteiger partial charge in [-0.05, 0) is 37.1 Å². The van der Waals surface area contributed by atoms with Gasteiger partial charge in [0.1, 0.15) is 11.9 Å². The summed E-state index contributed by atoms with van der Waals surface area (Å²) < 4.78 is 5.22. The Morgan fingerprint density at radius 2 is 2.06 bits per heavy atom. The first-order valence-corrected chi connectivity index (χ1v) is 5.73. The standard InChI is InChI=1S/C13H20N2O3/c1-8-6-12(18-4)9(2)5-10(8)15(3)13(17)11(16)7-14/h5-6,11,16H,7,14H2,1-4H3. The fraction of sp³-hybridized carbons (Fsp3) is 0.462. The van der Waals surface area contributed by atoms with E-state index in [1.165, 1.54) is 4.90 Å². The molecule has 0 spiro atoms. The van der Waals surface area contributed by atoms with Gasteiger partial charge < -0.3 is 20.5 Å². The molecule has 0 aliphatic rings. The Morgan fingerprint density at radius 1 is 1.44 bits per heavy atom. The number of rotatable bonds is 4. The average molecular weight is 252 g/mol. The zero-order valence-electron chi connectivity index (χ0n) is 11.2. The summed E-state index contributed by atoms with van der Waals surface area (Å²) in [4.78, 5) is 13.3. The molecule has 5 heteroatoms. The summed E-state index contributed by atoms with van der Waals surface area (Å²) in [7, 11) is 3.23. The van der Waals surface area contributed by atoms with Crippen LogP contribution in [0.4, 0.5) is 5.69 Å². The molecule has 0 heterocycles. The molecule has 1 rings (SSSR count). The second kappa shape index (κ2) is 5.84. The van der Waals surface area contributed by atoms with Crippen molar-refractivity contribution >= 4 is 11.6 Å². The molecule has 0 saturated heterocycles. The van der Waals surface area contributed by atoms with Gasteiger partial charge >= 0.3 is 0 Å². The summed E-state index contributed by atoms with van der Waals surface area (Å²) >= 11 is 0. The van der Waals surface area contributed by atoms with Crippen LogP contribution in [-0.4, -0.2) is 37.8 Å². The van der Waals surface area contributed by atoms with E-state index in [9.17, 15) is 9.90 Å². The zero-order chi connectivity index (χ0) is 13.9. The third-order valence-corrected chi connectivity index (χ3v) is 2.91. The Hall–Kier alpha value is -1.59. The van der Waals surface area contributed by atoms with Gasteiger partial charge in [-0.2, -0.15) is 0 Å². The number of aryl methyl sites for hydroxylation is 2. The van der Waals surface area contributed by atoms with Gasteiger partial charge in [-0.15, -0.1) is 0 Å². The summed E-state index contributed by atoms with van der Waals surface area (Å²) in [6.07, 6.45) is -1.17. The predicted molar refractivity (Wildman–Crippen MR) is 70.9 cm³/mol. The molecule has 0 aromatic heterocycles. The molecule has 5 nitrogen and oxygen atoms in total.